The van der Waals surface area contributed by atoms with Crippen LogP contribution in [0.5, 0.6) is 0 Å². The van der Waals surface area contributed by atoms with Crippen molar-refractivity contribution in [1.29, 1.82) is 0 Å². The lowest BCUT2D eigenvalue weighted by Crippen LogP contribution is -2.55. The van der Waals surface area contributed by atoms with E-state index in [1.807, 2.05) is 0 Å². The Bertz CT molecular complexity index is 478. The Morgan fingerprint density at radius 2 is 2.10 bits per heavy atom. The van der Waals surface area contributed by atoms with Gasteiger partial charge in [-0.2, -0.15) is 0 Å². The molecule has 20 heavy (non-hydrogen) atoms. The van der Waals surface area contributed by atoms with Gasteiger partial charge in [-0.05, 0) is 25.7 Å². The molecule has 1 heterocycles. The molecule has 0 aromatic carbocycles. The third kappa shape index (κ3) is 3.83. The topological polar surface area (TPSA) is 130 Å². The van der Waals surface area contributed by atoms with Gasteiger partial charge in [0.2, 0.25) is 10.0 Å². The van der Waals surface area contributed by atoms with E-state index in [9.17, 15) is 23.1 Å². The first kappa shape index (κ1) is 16.7. The molecule has 0 radical (unpaired) electrons. The van der Waals surface area contributed by atoms with Crippen molar-refractivity contribution >= 4 is 22.0 Å². The normalized spacial score (nSPS) is 22.8. The van der Waals surface area contributed by atoms with Crippen LogP contribution in [0.4, 0.5) is 4.79 Å². The second kappa shape index (κ2) is 6.40. The van der Waals surface area contributed by atoms with E-state index in [-0.39, 0.29) is 18.7 Å². The molecule has 0 aliphatic carbocycles. The summed E-state index contributed by atoms with van der Waals surface area (Å²) < 4.78 is 21.5. The molecule has 116 valence electrons. The van der Waals surface area contributed by atoms with Crippen LogP contribution in [0.15, 0.2) is 0 Å². The van der Waals surface area contributed by atoms with Crippen molar-refractivity contribution in [2.45, 2.75) is 38.1 Å². The predicted molar refractivity (Wildman–Crippen MR) is 72.6 cm³/mol. The van der Waals surface area contributed by atoms with Crippen LogP contribution in [0.1, 0.15) is 32.6 Å². The smallest absolute Gasteiger partial charge is 0.329 e. The van der Waals surface area contributed by atoms with E-state index in [0.717, 1.165) is 0 Å². The third-order valence-electron chi connectivity index (χ3n) is 3.60. The van der Waals surface area contributed by atoms with E-state index in [0.29, 0.717) is 25.8 Å². The SMILES string of the molecule is CCC1(C(=O)O)CCCN1C(=O)NCCCS(N)(=O)=O. The van der Waals surface area contributed by atoms with Gasteiger partial charge in [0.15, 0.2) is 0 Å². The molecule has 0 aromatic rings. The zero-order chi connectivity index (χ0) is 15.4. The summed E-state index contributed by atoms with van der Waals surface area (Å²) in [6.07, 6.45) is 1.62. The van der Waals surface area contributed by atoms with Gasteiger partial charge in [-0.25, -0.2) is 23.1 Å². The van der Waals surface area contributed by atoms with Gasteiger partial charge in [-0.1, -0.05) is 6.92 Å². The molecule has 1 saturated heterocycles. The maximum atomic E-state index is 12.0. The van der Waals surface area contributed by atoms with Crippen molar-refractivity contribution < 1.29 is 23.1 Å². The van der Waals surface area contributed by atoms with E-state index in [1.165, 1.54) is 4.90 Å². The van der Waals surface area contributed by atoms with Gasteiger partial charge in [-0.15, -0.1) is 0 Å². The van der Waals surface area contributed by atoms with Crippen LogP contribution in [-0.4, -0.2) is 54.8 Å². The molecule has 9 heteroatoms. The summed E-state index contributed by atoms with van der Waals surface area (Å²) >= 11 is 0. The molecule has 1 aliphatic rings. The number of nitrogens with zero attached hydrogens (tertiary/aromatic N) is 1. The number of rotatable bonds is 6. The van der Waals surface area contributed by atoms with Gasteiger partial charge in [0.25, 0.3) is 0 Å². The minimum absolute atomic E-state index is 0.144. The molecule has 0 aromatic heterocycles. The summed E-state index contributed by atoms with van der Waals surface area (Å²) in [6, 6.07) is -0.471. The summed E-state index contributed by atoms with van der Waals surface area (Å²) in [6.45, 7) is 2.27. The van der Waals surface area contributed by atoms with Gasteiger partial charge in [0.1, 0.15) is 5.54 Å². The Hall–Kier alpha value is -1.35. The lowest BCUT2D eigenvalue weighted by atomic mass is 9.93. The van der Waals surface area contributed by atoms with Crippen LogP contribution < -0.4 is 10.5 Å². The highest BCUT2D eigenvalue weighted by atomic mass is 32.2. The Balaban J connectivity index is 2.56. The Morgan fingerprint density at radius 3 is 2.60 bits per heavy atom. The number of carboxylic acids is 1. The van der Waals surface area contributed by atoms with E-state index in [1.54, 1.807) is 6.92 Å². The summed E-state index contributed by atoms with van der Waals surface area (Å²) in [5, 5.41) is 16.7. The second-order valence-corrected chi connectivity index (χ2v) is 6.63. The molecule has 0 bridgehead atoms. The van der Waals surface area contributed by atoms with Gasteiger partial charge >= 0.3 is 12.0 Å². The number of carbonyl (C=O) groups excluding carboxylic acids is 1. The van der Waals surface area contributed by atoms with Crippen molar-refractivity contribution in [3.63, 3.8) is 0 Å². The van der Waals surface area contributed by atoms with Crippen molar-refractivity contribution in [2.75, 3.05) is 18.8 Å². The Morgan fingerprint density at radius 1 is 1.45 bits per heavy atom. The summed E-state index contributed by atoms with van der Waals surface area (Å²) in [4.78, 5) is 24.8. The van der Waals surface area contributed by atoms with Crippen LogP contribution >= 0.6 is 0 Å². The van der Waals surface area contributed by atoms with Crippen LogP contribution in [0.3, 0.4) is 0 Å². The number of nitrogens with one attached hydrogen (secondary N) is 1. The fourth-order valence-corrected chi connectivity index (χ4v) is 3.03. The lowest BCUT2D eigenvalue weighted by molar-refractivity contribution is -0.148. The molecule has 1 atom stereocenters. The number of sulfonamides is 1. The number of nitrogens with two attached hydrogens (primary N) is 1. The van der Waals surface area contributed by atoms with Gasteiger partial charge in [0, 0.05) is 13.1 Å². The minimum Gasteiger partial charge on any atom is -0.479 e. The van der Waals surface area contributed by atoms with E-state index >= 15 is 0 Å². The number of hydrogen-bond donors (Lipinski definition) is 3. The Labute approximate surface area is 118 Å². The number of aliphatic carboxylic acids is 1. The van der Waals surface area contributed by atoms with Crippen molar-refractivity contribution in [1.82, 2.24) is 10.2 Å². The van der Waals surface area contributed by atoms with E-state index in [4.69, 9.17) is 5.14 Å². The first-order valence-electron chi connectivity index (χ1n) is 6.52. The molecule has 0 spiro atoms. The predicted octanol–water partition coefficient (Wildman–Crippen LogP) is -0.296. The molecule has 1 unspecified atom stereocenters. The Kier molecular flexibility index (Phi) is 5.35. The van der Waals surface area contributed by atoms with E-state index < -0.39 is 27.6 Å². The maximum Gasteiger partial charge on any atom is 0.329 e. The van der Waals surface area contributed by atoms with Crippen LogP contribution in [0, 0.1) is 0 Å². The van der Waals surface area contributed by atoms with Gasteiger partial charge in [-0.3, -0.25) is 0 Å². The standard InChI is InChI=1S/C11H21N3O5S/c1-2-11(9(15)16)5-3-7-14(11)10(17)13-6-4-8-20(12,18)19/h2-8H2,1H3,(H,13,17)(H,15,16)(H2,12,18,19). The third-order valence-corrected chi connectivity index (χ3v) is 4.46. The van der Waals surface area contributed by atoms with Crippen molar-refractivity contribution in [3.8, 4) is 0 Å². The quantitative estimate of drug-likeness (QED) is 0.580. The molecule has 4 N–H and O–H groups in total. The molecule has 8 nitrogen and oxygen atoms in total. The number of hydrogen-bond acceptors (Lipinski definition) is 4. The highest BCUT2D eigenvalue weighted by molar-refractivity contribution is 7.89. The summed E-state index contributed by atoms with van der Waals surface area (Å²) in [5.41, 5.74) is -1.15. The molecule has 2 amide bonds. The van der Waals surface area contributed by atoms with E-state index in [2.05, 4.69) is 5.32 Å². The largest absolute Gasteiger partial charge is 0.479 e. The number of carbonyl (C=O) groups is 2. The highest BCUT2D eigenvalue weighted by Crippen LogP contribution is 2.32. The van der Waals surface area contributed by atoms with Crippen LogP contribution in [0.2, 0.25) is 0 Å². The summed E-state index contributed by atoms with van der Waals surface area (Å²) in [5.74, 6) is -1.22. The lowest BCUT2D eigenvalue weighted by Gasteiger charge is -2.33. The number of amides is 2. The molecule has 1 aliphatic heterocycles. The average Bonchev–Trinajstić information content (AvgIpc) is 2.78. The highest BCUT2D eigenvalue weighted by Gasteiger charge is 2.48. The van der Waals surface area contributed by atoms with Crippen molar-refractivity contribution in [2.24, 2.45) is 5.14 Å². The van der Waals surface area contributed by atoms with Crippen molar-refractivity contribution in [3.05, 3.63) is 0 Å². The molecule has 1 fully saturated rings. The van der Waals surface area contributed by atoms with Crippen LogP contribution in [-0.2, 0) is 14.8 Å². The molecule has 0 saturated carbocycles. The van der Waals surface area contributed by atoms with Gasteiger partial charge in [0.05, 0.1) is 5.75 Å². The number of primary sulfonamides is 1. The average molecular weight is 307 g/mol. The second-order valence-electron chi connectivity index (χ2n) is 4.90. The number of likely N-dealkylation sites (tertiary alicyclic amines) is 1. The molecular weight excluding hydrogens is 286 g/mol. The number of carboxylic acid groups (broad SMARTS) is 1. The zero-order valence-electron chi connectivity index (χ0n) is 11.5. The molecule has 1 rings (SSSR count). The minimum atomic E-state index is -3.54. The van der Waals surface area contributed by atoms with Gasteiger partial charge < -0.3 is 15.3 Å². The maximum absolute atomic E-state index is 12.0. The fourth-order valence-electron chi connectivity index (χ4n) is 2.48. The first-order valence-corrected chi connectivity index (χ1v) is 8.24. The fraction of sp³-hybridized carbons (Fsp3) is 0.818. The first-order chi connectivity index (χ1) is 9.23. The monoisotopic (exact) mass is 307 g/mol. The van der Waals surface area contributed by atoms with Crippen LogP contribution in [0.25, 0.3) is 0 Å². The zero-order valence-corrected chi connectivity index (χ0v) is 12.3. The summed E-state index contributed by atoms with van der Waals surface area (Å²) in [7, 11) is -3.54. The number of urea groups is 1. The molecular formula is C11H21N3O5S.